The van der Waals surface area contributed by atoms with Gasteiger partial charge < -0.3 is 24.6 Å². The van der Waals surface area contributed by atoms with E-state index in [-0.39, 0.29) is 12.8 Å². The van der Waals surface area contributed by atoms with Crippen molar-refractivity contribution < 1.29 is 47.8 Å². The van der Waals surface area contributed by atoms with E-state index in [1.165, 1.54) is 148 Å². The first-order valence-electron chi connectivity index (χ1n) is 24.8. The highest BCUT2D eigenvalue weighted by Crippen LogP contribution is 2.43. The Hall–Kier alpha value is -1.55. The molecular weight excluding hydrogens is 780 g/mol. The molecular formula is C49H93O10P. The van der Waals surface area contributed by atoms with Crippen LogP contribution < -0.4 is 0 Å². The summed E-state index contributed by atoms with van der Waals surface area (Å²) in [5.41, 5.74) is 0. The number of esters is 2. The summed E-state index contributed by atoms with van der Waals surface area (Å²) in [5, 5.41) is 19.2. The lowest BCUT2D eigenvalue weighted by Crippen LogP contribution is -2.28. The second-order valence-corrected chi connectivity index (χ2v) is 18.3. The molecule has 354 valence electrons. The van der Waals surface area contributed by atoms with Crippen LogP contribution in [0.15, 0.2) is 24.3 Å². The van der Waals surface area contributed by atoms with Gasteiger partial charge in [0.1, 0.15) is 12.2 Å². The van der Waals surface area contributed by atoms with E-state index in [2.05, 4.69) is 38.2 Å². The molecule has 3 N–H and O–H groups in total. The summed E-state index contributed by atoms with van der Waals surface area (Å²) in [6.45, 7) is 2.22. The molecule has 11 heteroatoms. The quantitative estimate of drug-likeness (QED) is 0.0233. The van der Waals surface area contributed by atoms with E-state index in [1.807, 2.05) is 0 Å². The van der Waals surface area contributed by atoms with Crippen LogP contribution in [0.4, 0.5) is 0 Å². The van der Waals surface area contributed by atoms with E-state index in [4.69, 9.17) is 18.5 Å². The van der Waals surface area contributed by atoms with Gasteiger partial charge in [-0.3, -0.25) is 18.6 Å². The van der Waals surface area contributed by atoms with Crippen LogP contribution in [-0.2, 0) is 32.7 Å². The van der Waals surface area contributed by atoms with Crippen molar-refractivity contribution in [3.63, 3.8) is 0 Å². The number of hydrogen-bond acceptors (Lipinski definition) is 9. The molecule has 0 saturated carbocycles. The van der Waals surface area contributed by atoms with Gasteiger partial charge in [0.2, 0.25) is 0 Å². The molecule has 0 radical (unpaired) electrons. The van der Waals surface area contributed by atoms with Crippen LogP contribution in [0.1, 0.15) is 239 Å². The Kier molecular flexibility index (Phi) is 44.3. The van der Waals surface area contributed by atoms with Crippen molar-refractivity contribution in [3.8, 4) is 0 Å². The second-order valence-electron chi connectivity index (χ2n) is 16.8. The van der Waals surface area contributed by atoms with Crippen molar-refractivity contribution in [1.29, 1.82) is 0 Å². The Labute approximate surface area is 368 Å². The maximum Gasteiger partial charge on any atom is 0.472 e. The number of aliphatic hydroxyl groups is 2. The predicted octanol–water partition coefficient (Wildman–Crippen LogP) is 13.7. The fraction of sp³-hybridized carbons (Fsp3) is 0.878. The summed E-state index contributed by atoms with van der Waals surface area (Å²) in [6.07, 6.45) is 47.2. The highest BCUT2D eigenvalue weighted by molar-refractivity contribution is 7.47. The minimum Gasteiger partial charge on any atom is -0.457 e. The summed E-state index contributed by atoms with van der Waals surface area (Å²) in [5.74, 6) is -1.02. The lowest BCUT2D eigenvalue weighted by molar-refractivity contribution is -0.153. The number of hydrogen-bond donors (Lipinski definition) is 3. The van der Waals surface area contributed by atoms with Gasteiger partial charge in [-0.05, 0) is 44.9 Å². The zero-order valence-corrected chi connectivity index (χ0v) is 39.6. The maximum absolute atomic E-state index is 12.4. The van der Waals surface area contributed by atoms with E-state index in [1.54, 1.807) is 0 Å². The predicted molar refractivity (Wildman–Crippen MR) is 247 cm³/mol. The third-order valence-electron chi connectivity index (χ3n) is 10.9. The van der Waals surface area contributed by atoms with Gasteiger partial charge >= 0.3 is 19.8 Å². The number of ether oxygens (including phenoxy) is 2. The Morgan fingerprint density at radius 3 is 1.07 bits per heavy atom. The Bertz CT molecular complexity index is 1050. The third kappa shape index (κ3) is 43.1. The van der Waals surface area contributed by atoms with Crippen molar-refractivity contribution in [3.05, 3.63) is 24.3 Å². The van der Waals surface area contributed by atoms with E-state index in [0.29, 0.717) is 12.8 Å². The first-order valence-corrected chi connectivity index (χ1v) is 26.3. The highest BCUT2D eigenvalue weighted by atomic mass is 31.2. The average Bonchev–Trinajstić information content (AvgIpc) is 3.24. The van der Waals surface area contributed by atoms with Gasteiger partial charge in [0.15, 0.2) is 0 Å². The van der Waals surface area contributed by atoms with Gasteiger partial charge in [-0.1, -0.05) is 205 Å². The number of carbonyl (C=O) groups is 2. The number of allylic oxidation sites excluding steroid dienone is 4. The summed E-state index contributed by atoms with van der Waals surface area (Å²) < 4.78 is 32.7. The van der Waals surface area contributed by atoms with Crippen molar-refractivity contribution in [2.45, 2.75) is 251 Å². The van der Waals surface area contributed by atoms with Crippen LogP contribution in [0, 0.1) is 0 Å². The van der Waals surface area contributed by atoms with Crippen molar-refractivity contribution >= 4 is 19.8 Å². The van der Waals surface area contributed by atoms with Crippen molar-refractivity contribution in [2.24, 2.45) is 0 Å². The topological polar surface area (TPSA) is 149 Å². The first kappa shape index (κ1) is 58.5. The molecule has 0 aromatic carbocycles. The van der Waals surface area contributed by atoms with Gasteiger partial charge in [-0.15, -0.1) is 0 Å². The van der Waals surface area contributed by atoms with Crippen molar-refractivity contribution in [2.75, 3.05) is 26.4 Å². The summed E-state index contributed by atoms with van der Waals surface area (Å²) in [4.78, 5) is 34.6. The van der Waals surface area contributed by atoms with Crippen LogP contribution in [0.25, 0.3) is 0 Å². The first-order chi connectivity index (χ1) is 29.3. The summed E-state index contributed by atoms with van der Waals surface area (Å²) in [7, 11) is -4.64. The molecule has 0 saturated heterocycles. The molecule has 3 atom stereocenters. The zero-order chi connectivity index (χ0) is 44.0. The molecule has 0 aliphatic heterocycles. The summed E-state index contributed by atoms with van der Waals surface area (Å²) >= 11 is 0. The van der Waals surface area contributed by atoms with E-state index in [0.717, 1.165) is 51.4 Å². The molecule has 0 aromatic rings. The molecule has 3 unspecified atom stereocenters. The minimum absolute atomic E-state index is 0.185. The minimum atomic E-state index is -4.64. The Morgan fingerprint density at radius 2 is 0.733 bits per heavy atom. The van der Waals surface area contributed by atoms with Gasteiger partial charge in [0.05, 0.1) is 26.4 Å². The lowest BCUT2D eigenvalue weighted by Gasteiger charge is -2.20. The summed E-state index contributed by atoms with van der Waals surface area (Å²) in [6, 6.07) is 0. The smallest absolute Gasteiger partial charge is 0.457 e. The molecule has 10 nitrogen and oxygen atoms in total. The number of rotatable bonds is 47. The molecule has 0 aromatic heterocycles. The van der Waals surface area contributed by atoms with Gasteiger partial charge in [0, 0.05) is 12.8 Å². The Morgan fingerprint density at radius 1 is 0.450 bits per heavy atom. The molecule has 0 aliphatic carbocycles. The third-order valence-corrected chi connectivity index (χ3v) is 11.9. The molecule has 0 rings (SSSR count). The number of carbonyl (C=O) groups excluding carboxylic acids is 2. The fourth-order valence-corrected chi connectivity index (χ4v) is 7.87. The number of aliphatic hydroxyl groups excluding tert-OH is 2. The van der Waals surface area contributed by atoms with Gasteiger partial charge in [-0.25, -0.2) is 4.57 Å². The largest absolute Gasteiger partial charge is 0.472 e. The normalized spacial score (nSPS) is 13.9. The molecule has 0 spiro atoms. The SMILES string of the molecule is CCCCC/C=C\C/C=C\CCCCCCCCCC(=O)OC(CO)COP(=O)(O)OCC(CO)OC(=O)CCCCCCCCCCCCCCCCCCCCCC. The van der Waals surface area contributed by atoms with Crippen molar-refractivity contribution in [1.82, 2.24) is 0 Å². The number of phosphoric acid groups is 1. The Balaban J connectivity index is 3.84. The molecule has 0 amide bonds. The fourth-order valence-electron chi connectivity index (χ4n) is 7.09. The van der Waals surface area contributed by atoms with Crippen LogP contribution in [0.5, 0.6) is 0 Å². The van der Waals surface area contributed by atoms with Crippen LogP contribution in [-0.4, -0.2) is 65.7 Å². The van der Waals surface area contributed by atoms with Crippen LogP contribution in [0.2, 0.25) is 0 Å². The number of unbranched alkanes of at least 4 members (excludes halogenated alkanes) is 29. The standard InChI is InChI=1S/C49H93O10P/c1-3-5-7-9-11-13-15-17-19-21-22-23-25-27-29-31-33-35-37-39-41-49(53)59-47(43-51)45-57-60(54,55)56-44-46(42-50)58-48(52)40-38-36-34-32-30-28-26-24-20-18-16-14-12-10-8-6-4-2/h12,14,18,20,46-47,50-51H,3-11,13,15-17,19,21-45H2,1-2H3,(H,54,55)/b14-12-,20-18-. The highest BCUT2D eigenvalue weighted by Gasteiger charge is 2.27. The van der Waals surface area contributed by atoms with E-state index in [9.17, 15) is 29.3 Å². The lowest BCUT2D eigenvalue weighted by atomic mass is 10.0. The number of phosphoric ester groups is 1. The van der Waals surface area contributed by atoms with E-state index < -0.39 is 58.4 Å². The average molecular weight is 873 g/mol. The maximum atomic E-state index is 12.4. The molecule has 0 aliphatic rings. The molecule has 0 heterocycles. The molecule has 0 fully saturated rings. The van der Waals surface area contributed by atoms with Gasteiger partial charge in [-0.2, -0.15) is 0 Å². The van der Waals surface area contributed by atoms with E-state index >= 15 is 0 Å². The van der Waals surface area contributed by atoms with Crippen LogP contribution >= 0.6 is 7.82 Å². The monoisotopic (exact) mass is 873 g/mol. The van der Waals surface area contributed by atoms with Crippen LogP contribution in [0.3, 0.4) is 0 Å². The zero-order valence-electron chi connectivity index (χ0n) is 38.7. The molecule has 0 bridgehead atoms. The van der Waals surface area contributed by atoms with Gasteiger partial charge in [0.25, 0.3) is 0 Å². The second kappa shape index (κ2) is 45.5. The molecule has 60 heavy (non-hydrogen) atoms.